The van der Waals surface area contributed by atoms with Crippen LogP contribution in [0, 0.1) is 12.7 Å². The number of sulfone groups is 1. The summed E-state index contributed by atoms with van der Waals surface area (Å²) in [5.41, 5.74) is 1.27. The fourth-order valence-corrected chi connectivity index (χ4v) is 5.34. The lowest BCUT2D eigenvalue weighted by molar-refractivity contribution is -0.141. The van der Waals surface area contributed by atoms with Crippen LogP contribution in [0.15, 0.2) is 83.8 Å². The van der Waals surface area contributed by atoms with Crippen molar-refractivity contribution in [3.63, 3.8) is 0 Å². The first-order valence-corrected chi connectivity index (χ1v) is 12.2. The molecule has 3 aromatic carbocycles. The van der Waals surface area contributed by atoms with E-state index >= 15 is 0 Å². The predicted octanol–water partition coefficient (Wildman–Crippen LogP) is 4.62. The molecule has 0 saturated carbocycles. The molecule has 34 heavy (non-hydrogen) atoms. The molecule has 0 bridgehead atoms. The summed E-state index contributed by atoms with van der Waals surface area (Å²) < 4.78 is 51.4. The highest BCUT2D eigenvalue weighted by Crippen LogP contribution is 2.33. The zero-order valence-corrected chi connectivity index (χ0v) is 19.6. The zero-order chi connectivity index (χ0) is 24.7. The van der Waals surface area contributed by atoms with Crippen molar-refractivity contribution in [2.45, 2.75) is 36.3 Å². The maximum Gasteiger partial charge on any atom is 0.311 e. The number of carbonyl (C=O) groups is 2. The summed E-state index contributed by atoms with van der Waals surface area (Å²) in [6, 6.07) is 19.8. The van der Waals surface area contributed by atoms with Crippen molar-refractivity contribution < 1.29 is 31.9 Å². The van der Waals surface area contributed by atoms with Gasteiger partial charge in [0.15, 0.2) is 9.84 Å². The van der Waals surface area contributed by atoms with Crippen LogP contribution in [-0.2, 0) is 24.2 Å². The second-order valence-corrected chi connectivity index (χ2v) is 10.0. The van der Waals surface area contributed by atoms with Gasteiger partial charge >= 0.3 is 11.9 Å². The zero-order valence-electron chi connectivity index (χ0n) is 18.8. The third-order valence-corrected chi connectivity index (χ3v) is 7.50. The molecular weight excluding hydrogens is 459 g/mol. The molecule has 0 heterocycles. The van der Waals surface area contributed by atoms with E-state index in [2.05, 4.69) is 0 Å². The second-order valence-electron chi connectivity index (χ2n) is 7.85. The number of aryl methyl sites for hydroxylation is 1. The standard InChI is InChI=1S/C26H25FO6S/c1-18-8-14-23(15-9-18)34(30,31)25(17-32-19(2)28)24(20-10-12-21(27)13-11-20)16-26(29)33-22-6-4-3-5-7-22/h3-15,24-25H,16-17H2,1-2H3. The van der Waals surface area contributed by atoms with Gasteiger partial charge in [0.25, 0.3) is 0 Å². The van der Waals surface area contributed by atoms with Crippen molar-refractivity contribution >= 4 is 21.8 Å². The topological polar surface area (TPSA) is 86.7 Å². The third kappa shape index (κ3) is 6.51. The Kier molecular flexibility index (Phi) is 8.17. The largest absolute Gasteiger partial charge is 0.464 e. The molecule has 0 fully saturated rings. The first kappa shape index (κ1) is 25.1. The van der Waals surface area contributed by atoms with Crippen LogP contribution < -0.4 is 4.74 Å². The first-order chi connectivity index (χ1) is 16.2. The summed E-state index contributed by atoms with van der Waals surface area (Å²) in [7, 11) is -4.07. The molecule has 0 radical (unpaired) electrons. The molecular formula is C26H25FO6S. The van der Waals surface area contributed by atoms with Crippen molar-refractivity contribution in [2.75, 3.05) is 6.61 Å². The molecule has 3 rings (SSSR count). The number of ether oxygens (including phenoxy) is 2. The predicted molar refractivity (Wildman–Crippen MR) is 125 cm³/mol. The smallest absolute Gasteiger partial charge is 0.311 e. The van der Waals surface area contributed by atoms with Gasteiger partial charge in [-0.15, -0.1) is 0 Å². The Balaban J connectivity index is 2.03. The summed E-state index contributed by atoms with van der Waals surface area (Å²) in [5.74, 6) is -2.50. The van der Waals surface area contributed by atoms with Gasteiger partial charge in [-0.25, -0.2) is 12.8 Å². The Morgan fingerprint density at radius 2 is 1.53 bits per heavy atom. The number of halogens is 1. The van der Waals surface area contributed by atoms with E-state index in [1.807, 2.05) is 6.92 Å². The average Bonchev–Trinajstić information content (AvgIpc) is 2.79. The fraction of sp³-hybridized carbons (Fsp3) is 0.231. The maximum atomic E-state index is 13.7. The van der Waals surface area contributed by atoms with Crippen LogP contribution in [0.2, 0.25) is 0 Å². The lowest BCUT2D eigenvalue weighted by atomic mass is 9.92. The number of hydrogen-bond acceptors (Lipinski definition) is 6. The minimum Gasteiger partial charge on any atom is -0.464 e. The minimum absolute atomic E-state index is 0.0267. The molecule has 0 saturated heterocycles. The lowest BCUT2D eigenvalue weighted by Crippen LogP contribution is -2.35. The van der Waals surface area contributed by atoms with Gasteiger partial charge in [-0.05, 0) is 48.9 Å². The lowest BCUT2D eigenvalue weighted by Gasteiger charge is -2.27. The molecule has 0 aliphatic heterocycles. The summed E-state index contributed by atoms with van der Waals surface area (Å²) >= 11 is 0. The summed E-state index contributed by atoms with van der Waals surface area (Å²) in [6.07, 6.45) is -0.336. The van der Waals surface area contributed by atoms with Gasteiger partial charge in [-0.1, -0.05) is 48.0 Å². The van der Waals surface area contributed by atoms with E-state index in [9.17, 15) is 22.4 Å². The second kappa shape index (κ2) is 11.1. The summed E-state index contributed by atoms with van der Waals surface area (Å²) in [6.45, 7) is 2.52. The average molecular weight is 485 g/mol. The molecule has 0 spiro atoms. The Morgan fingerprint density at radius 3 is 2.12 bits per heavy atom. The van der Waals surface area contributed by atoms with Gasteiger partial charge in [0.05, 0.1) is 11.3 Å². The Morgan fingerprint density at radius 1 is 0.912 bits per heavy atom. The first-order valence-electron chi connectivity index (χ1n) is 10.6. The van der Waals surface area contributed by atoms with Gasteiger partial charge in [0.2, 0.25) is 0 Å². The summed E-state index contributed by atoms with van der Waals surface area (Å²) in [5, 5.41) is -1.31. The molecule has 6 nitrogen and oxygen atoms in total. The van der Waals surface area contributed by atoms with Crippen molar-refractivity contribution in [2.24, 2.45) is 0 Å². The van der Waals surface area contributed by atoms with E-state index in [-0.39, 0.29) is 11.3 Å². The normalized spacial score (nSPS) is 13.0. The Hall–Kier alpha value is -3.52. The monoisotopic (exact) mass is 484 g/mol. The van der Waals surface area contributed by atoms with Crippen LogP contribution in [0.4, 0.5) is 4.39 Å². The van der Waals surface area contributed by atoms with Crippen molar-refractivity contribution in [1.29, 1.82) is 0 Å². The van der Waals surface area contributed by atoms with Gasteiger partial charge in [0, 0.05) is 12.8 Å². The molecule has 3 aromatic rings. The molecule has 0 aliphatic carbocycles. The van der Waals surface area contributed by atoms with Crippen LogP contribution in [0.5, 0.6) is 5.75 Å². The van der Waals surface area contributed by atoms with Crippen molar-refractivity contribution in [3.05, 3.63) is 95.8 Å². The highest BCUT2D eigenvalue weighted by Gasteiger charge is 2.38. The third-order valence-electron chi connectivity index (χ3n) is 5.31. The SMILES string of the molecule is CC(=O)OCC(C(CC(=O)Oc1ccccc1)c1ccc(F)cc1)S(=O)(=O)c1ccc(C)cc1. The Bertz CT molecular complexity index is 1220. The number of carbonyl (C=O) groups excluding carboxylic acids is 2. The van der Waals surface area contributed by atoms with E-state index in [1.54, 1.807) is 42.5 Å². The quantitative estimate of drug-likeness (QED) is 0.325. The highest BCUT2D eigenvalue weighted by molar-refractivity contribution is 7.92. The number of esters is 2. The number of rotatable bonds is 9. The van der Waals surface area contributed by atoms with Gasteiger partial charge in [0.1, 0.15) is 23.4 Å². The van der Waals surface area contributed by atoms with E-state index < -0.39 is 45.4 Å². The highest BCUT2D eigenvalue weighted by atomic mass is 32.2. The van der Waals surface area contributed by atoms with Crippen LogP contribution in [0.1, 0.15) is 30.4 Å². The van der Waals surface area contributed by atoms with E-state index in [1.165, 1.54) is 43.3 Å². The van der Waals surface area contributed by atoms with Crippen LogP contribution in [-0.4, -0.2) is 32.2 Å². The molecule has 0 N–H and O–H groups in total. The number of para-hydroxylation sites is 1. The molecule has 0 amide bonds. The van der Waals surface area contributed by atoms with E-state index in [4.69, 9.17) is 9.47 Å². The molecule has 0 aromatic heterocycles. The van der Waals surface area contributed by atoms with Crippen molar-refractivity contribution in [1.82, 2.24) is 0 Å². The number of benzene rings is 3. The van der Waals surface area contributed by atoms with Gasteiger partial charge in [-0.2, -0.15) is 0 Å². The summed E-state index contributed by atoms with van der Waals surface area (Å²) in [4.78, 5) is 24.4. The van der Waals surface area contributed by atoms with Crippen LogP contribution in [0.3, 0.4) is 0 Å². The number of hydrogen-bond donors (Lipinski definition) is 0. The van der Waals surface area contributed by atoms with E-state index in [0.717, 1.165) is 5.56 Å². The maximum absolute atomic E-state index is 13.7. The molecule has 0 aliphatic rings. The minimum atomic E-state index is -4.07. The van der Waals surface area contributed by atoms with Gasteiger partial charge < -0.3 is 9.47 Å². The van der Waals surface area contributed by atoms with Crippen LogP contribution in [0.25, 0.3) is 0 Å². The van der Waals surface area contributed by atoms with Crippen LogP contribution >= 0.6 is 0 Å². The fourth-order valence-electron chi connectivity index (χ4n) is 3.54. The molecule has 2 atom stereocenters. The molecule has 8 heteroatoms. The van der Waals surface area contributed by atoms with Gasteiger partial charge in [-0.3, -0.25) is 9.59 Å². The Labute approximate surface area is 198 Å². The molecule has 178 valence electrons. The molecule has 2 unspecified atom stereocenters. The van der Waals surface area contributed by atoms with Crippen molar-refractivity contribution in [3.8, 4) is 5.75 Å². The van der Waals surface area contributed by atoms with E-state index in [0.29, 0.717) is 11.3 Å².